The van der Waals surface area contributed by atoms with Crippen LogP contribution in [0.3, 0.4) is 0 Å². The molecule has 1 atom stereocenters. The molecule has 0 bridgehead atoms. The van der Waals surface area contributed by atoms with Gasteiger partial charge in [-0.15, -0.1) is 22.7 Å². The minimum atomic E-state index is -0.313. The van der Waals surface area contributed by atoms with Gasteiger partial charge in [0.1, 0.15) is 16.5 Å². The molecule has 1 aromatic carbocycles. The molecule has 0 aliphatic carbocycles. The highest BCUT2D eigenvalue weighted by Gasteiger charge is 2.24. The van der Waals surface area contributed by atoms with Gasteiger partial charge in [-0.05, 0) is 19.1 Å². The van der Waals surface area contributed by atoms with Crippen LogP contribution in [0.5, 0.6) is 0 Å². The van der Waals surface area contributed by atoms with Crippen LogP contribution in [0.2, 0.25) is 0 Å². The van der Waals surface area contributed by atoms with Crippen molar-refractivity contribution in [3.8, 4) is 11.3 Å². The Hall–Kier alpha value is -2.58. The van der Waals surface area contributed by atoms with Crippen molar-refractivity contribution in [2.45, 2.75) is 13.0 Å². The van der Waals surface area contributed by atoms with Crippen LogP contribution in [-0.4, -0.2) is 32.2 Å². The first-order chi connectivity index (χ1) is 12.5. The number of thiazole rings is 2. The van der Waals surface area contributed by atoms with Crippen molar-refractivity contribution < 1.29 is 9.18 Å². The molecular formula is C18H15FN4OS2. The summed E-state index contributed by atoms with van der Waals surface area (Å²) in [7, 11) is 1.77. The van der Waals surface area contributed by atoms with Gasteiger partial charge in [-0.2, -0.15) is 0 Å². The highest BCUT2D eigenvalue weighted by Crippen LogP contribution is 2.27. The van der Waals surface area contributed by atoms with Gasteiger partial charge in [0.2, 0.25) is 0 Å². The number of carbonyl (C=O) groups excluding carboxylic acids is 1. The van der Waals surface area contributed by atoms with E-state index in [-0.39, 0.29) is 17.8 Å². The van der Waals surface area contributed by atoms with Gasteiger partial charge in [0, 0.05) is 35.8 Å². The first kappa shape index (κ1) is 16.9. The molecule has 1 amide bonds. The van der Waals surface area contributed by atoms with Crippen LogP contribution >= 0.6 is 22.7 Å². The summed E-state index contributed by atoms with van der Waals surface area (Å²) in [5.74, 6) is -0.422. The Balaban J connectivity index is 1.67. The van der Waals surface area contributed by atoms with Gasteiger partial charge in [0.25, 0.3) is 5.91 Å². The van der Waals surface area contributed by atoms with Crippen molar-refractivity contribution in [2.24, 2.45) is 0 Å². The molecule has 0 spiro atoms. The van der Waals surface area contributed by atoms with Crippen LogP contribution in [0.4, 0.5) is 4.39 Å². The zero-order valence-electron chi connectivity index (χ0n) is 14.1. The smallest absolute Gasteiger partial charge is 0.272 e. The van der Waals surface area contributed by atoms with Gasteiger partial charge in [-0.1, -0.05) is 12.1 Å². The fourth-order valence-electron chi connectivity index (χ4n) is 2.69. The monoisotopic (exact) mass is 386 g/mol. The molecule has 0 radical (unpaired) electrons. The summed E-state index contributed by atoms with van der Waals surface area (Å²) < 4.78 is 15.2. The SMILES string of the molecule is CC(c1nccs1)N(C)C(=O)c1csc2nc(-c3cccc(F)c3)cn12. The van der Waals surface area contributed by atoms with E-state index in [1.165, 1.54) is 34.8 Å². The van der Waals surface area contributed by atoms with Gasteiger partial charge in [0.05, 0.1) is 11.7 Å². The highest BCUT2D eigenvalue weighted by atomic mass is 32.1. The standard InChI is InChI=1S/C18H15FN4OS2/c1-11(16-20-6-7-25-16)22(2)17(24)15-10-26-18-21-14(9-23(15)18)12-4-3-5-13(19)8-12/h3-11H,1-2H3. The van der Waals surface area contributed by atoms with E-state index in [0.29, 0.717) is 21.9 Å². The summed E-state index contributed by atoms with van der Waals surface area (Å²) in [4.78, 5) is 24.1. The lowest BCUT2D eigenvalue weighted by atomic mass is 10.2. The molecule has 8 heteroatoms. The second-order valence-corrected chi connectivity index (χ2v) is 7.64. The van der Waals surface area contributed by atoms with Gasteiger partial charge < -0.3 is 4.90 Å². The number of rotatable bonds is 4. The molecule has 1 unspecified atom stereocenters. The lowest BCUT2D eigenvalue weighted by Gasteiger charge is -2.22. The Bertz CT molecular complexity index is 1070. The number of aromatic nitrogens is 3. The summed E-state index contributed by atoms with van der Waals surface area (Å²) in [6, 6.07) is 6.15. The minimum Gasteiger partial charge on any atom is -0.331 e. The lowest BCUT2D eigenvalue weighted by Crippen LogP contribution is -2.30. The van der Waals surface area contributed by atoms with Gasteiger partial charge in [-0.3, -0.25) is 9.20 Å². The quantitative estimate of drug-likeness (QED) is 0.519. The lowest BCUT2D eigenvalue weighted by molar-refractivity contribution is 0.0736. The van der Waals surface area contributed by atoms with Crippen molar-refractivity contribution in [3.05, 3.63) is 63.9 Å². The molecule has 3 aromatic heterocycles. The molecule has 0 N–H and O–H groups in total. The maximum absolute atomic E-state index is 13.5. The maximum atomic E-state index is 13.5. The Morgan fingerprint density at radius 3 is 2.92 bits per heavy atom. The van der Waals surface area contributed by atoms with Crippen molar-refractivity contribution in [3.63, 3.8) is 0 Å². The molecule has 26 heavy (non-hydrogen) atoms. The molecule has 0 aliphatic heterocycles. The molecule has 3 heterocycles. The molecule has 0 saturated carbocycles. The number of nitrogens with zero attached hydrogens (tertiary/aromatic N) is 4. The van der Waals surface area contributed by atoms with Crippen molar-refractivity contribution >= 4 is 33.5 Å². The molecule has 0 aliphatic rings. The van der Waals surface area contributed by atoms with Crippen molar-refractivity contribution in [1.29, 1.82) is 0 Å². The average molecular weight is 386 g/mol. The van der Waals surface area contributed by atoms with Gasteiger partial charge in [-0.25, -0.2) is 14.4 Å². The van der Waals surface area contributed by atoms with E-state index in [1.807, 2.05) is 12.3 Å². The second-order valence-electron chi connectivity index (χ2n) is 5.87. The van der Waals surface area contributed by atoms with Gasteiger partial charge >= 0.3 is 0 Å². The first-order valence-corrected chi connectivity index (χ1v) is 9.69. The molecule has 4 rings (SSSR count). The topological polar surface area (TPSA) is 50.5 Å². The van der Waals surface area contributed by atoms with E-state index in [2.05, 4.69) is 9.97 Å². The number of carbonyl (C=O) groups is 1. The van der Waals surface area contributed by atoms with Crippen LogP contribution in [0.1, 0.15) is 28.5 Å². The van der Waals surface area contributed by atoms with E-state index in [4.69, 9.17) is 0 Å². The van der Waals surface area contributed by atoms with Crippen LogP contribution in [0.15, 0.2) is 47.4 Å². The second kappa shape index (κ2) is 6.62. The summed E-state index contributed by atoms with van der Waals surface area (Å²) in [5, 5.41) is 4.58. The first-order valence-electron chi connectivity index (χ1n) is 7.93. The fraction of sp³-hybridized carbons (Fsp3) is 0.167. The van der Waals surface area contributed by atoms with E-state index in [1.54, 1.807) is 46.3 Å². The number of imidazole rings is 1. The Morgan fingerprint density at radius 2 is 2.19 bits per heavy atom. The predicted molar refractivity (Wildman–Crippen MR) is 101 cm³/mol. The third-order valence-corrected chi connectivity index (χ3v) is 6.04. The number of hydrogen-bond donors (Lipinski definition) is 0. The molecule has 4 aromatic rings. The van der Waals surface area contributed by atoms with Gasteiger partial charge in [0.15, 0.2) is 4.96 Å². The Labute approximate surface area is 157 Å². The molecule has 5 nitrogen and oxygen atoms in total. The van der Waals surface area contributed by atoms with Crippen molar-refractivity contribution in [1.82, 2.24) is 19.3 Å². The fourth-order valence-corrected chi connectivity index (χ4v) is 4.27. The number of hydrogen-bond acceptors (Lipinski definition) is 5. The summed E-state index contributed by atoms with van der Waals surface area (Å²) in [6.45, 7) is 1.95. The number of benzene rings is 1. The van der Waals surface area contributed by atoms with E-state index >= 15 is 0 Å². The normalized spacial score (nSPS) is 12.4. The van der Waals surface area contributed by atoms with Crippen LogP contribution in [-0.2, 0) is 0 Å². The number of amides is 1. The van der Waals surface area contributed by atoms with Crippen LogP contribution < -0.4 is 0 Å². The average Bonchev–Trinajstić information content (AvgIpc) is 3.36. The summed E-state index contributed by atoms with van der Waals surface area (Å²) in [5.41, 5.74) is 1.86. The third-order valence-electron chi connectivity index (χ3n) is 4.26. The van der Waals surface area contributed by atoms with E-state index in [9.17, 15) is 9.18 Å². The third kappa shape index (κ3) is 2.91. The van der Waals surface area contributed by atoms with Crippen molar-refractivity contribution in [2.75, 3.05) is 7.05 Å². The summed E-state index contributed by atoms with van der Waals surface area (Å²) in [6.07, 6.45) is 3.51. The van der Waals surface area contributed by atoms with E-state index in [0.717, 1.165) is 5.01 Å². The molecule has 0 fully saturated rings. The predicted octanol–water partition coefficient (Wildman–Crippen LogP) is 4.49. The summed E-state index contributed by atoms with van der Waals surface area (Å²) >= 11 is 2.91. The zero-order valence-corrected chi connectivity index (χ0v) is 15.7. The zero-order chi connectivity index (χ0) is 18.3. The highest BCUT2D eigenvalue weighted by molar-refractivity contribution is 7.15. The maximum Gasteiger partial charge on any atom is 0.272 e. The Morgan fingerprint density at radius 1 is 1.35 bits per heavy atom. The molecule has 0 saturated heterocycles. The largest absolute Gasteiger partial charge is 0.331 e. The minimum absolute atomic E-state index is 0.109. The number of halogens is 1. The molecule has 132 valence electrons. The van der Waals surface area contributed by atoms with Crippen LogP contribution in [0, 0.1) is 5.82 Å². The Kier molecular flexibility index (Phi) is 4.29. The van der Waals surface area contributed by atoms with E-state index < -0.39 is 0 Å². The number of fused-ring (bicyclic) bond motifs is 1. The molecular weight excluding hydrogens is 371 g/mol. The van der Waals surface area contributed by atoms with Crippen LogP contribution in [0.25, 0.3) is 16.2 Å².